The van der Waals surface area contributed by atoms with Crippen LogP contribution in [0.2, 0.25) is 0 Å². The van der Waals surface area contributed by atoms with Crippen molar-refractivity contribution in [2.45, 2.75) is 19.3 Å². The molecule has 0 saturated carbocycles. The molecule has 10 aromatic carbocycles. The molecule has 0 saturated heterocycles. The minimum Gasteiger partial charge on any atom is -0.455 e. The van der Waals surface area contributed by atoms with Gasteiger partial charge in [0.05, 0.1) is 0 Å². The molecule has 0 fully saturated rings. The van der Waals surface area contributed by atoms with Gasteiger partial charge in [0.2, 0.25) is 0 Å². The van der Waals surface area contributed by atoms with Crippen LogP contribution in [-0.2, 0) is 5.41 Å². The Kier molecular flexibility index (Phi) is 6.46. The molecule has 0 unspecified atom stereocenters. The van der Waals surface area contributed by atoms with Crippen molar-refractivity contribution in [3.63, 3.8) is 0 Å². The Hall–Kier alpha value is -6.96. The number of hydrogen-bond acceptors (Lipinski definition) is 1. The highest BCUT2D eigenvalue weighted by atomic mass is 16.3. The predicted molar refractivity (Wildman–Crippen MR) is 238 cm³/mol. The Morgan fingerprint density at radius 1 is 0.339 bits per heavy atom. The second-order valence-electron chi connectivity index (χ2n) is 16.0. The third-order valence-corrected chi connectivity index (χ3v) is 12.6. The van der Waals surface area contributed by atoms with E-state index >= 15 is 0 Å². The first-order valence-electron chi connectivity index (χ1n) is 19.6. The predicted octanol–water partition coefficient (Wildman–Crippen LogP) is 15.5. The average molecular weight is 713 g/mol. The summed E-state index contributed by atoms with van der Waals surface area (Å²) in [5, 5.41) is 12.1. The number of benzene rings is 10. The minimum atomic E-state index is -0.0196. The van der Waals surface area contributed by atoms with Gasteiger partial charge in [-0.25, -0.2) is 0 Å². The van der Waals surface area contributed by atoms with Crippen LogP contribution in [0, 0.1) is 0 Å². The standard InChI is InChI=1S/C55H36O/c1-55(2)49-18-10-9-13-41(49)47-31-38(26-28-50(47)55)53-44-16-7-5-14-42(44)52(43-15-6-8-17-45(43)53)35-21-19-33(20-22-35)36-23-24-37-30-48-46-27-25-34-11-3-4-12-40(34)54(46)56-51(48)32-39(37)29-36/h3-32H,1-2H3. The third kappa shape index (κ3) is 4.43. The first-order valence-corrected chi connectivity index (χ1v) is 19.6. The molecular formula is C55H36O. The second-order valence-corrected chi connectivity index (χ2v) is 16.0. The van der Waals surface area contributed by atoms with Crippen molar-refractivity contribution >= 4 is 65.0 Å². The van der Waals surface area contributed by atoms with Crippen LogP contribution in [0.4, 0.5) is 0 Å². The lowest BCUT2D eigenvalue weighted by Gasteiger charge is -2.22. The van der Waals surface area contributed by atoms with Gasteiger partial charge in [-0.15, -0.1) is 0 Å². The molecule has 262 valence electrons. The Morgan fingerprint density at radius 2 is 0.911 bits per heavy atom. The molecule has 1 aromatic heterocycles. The number of rotatable bonds is 3. The van der Waals surface area contributed by atoms with E-state index in [-0.39, 0.29) is 5.41 Å². The molecule has 1 aliphatic rings. The zero-order chi connectivity index (χ0) is 37.1. The number of hydrogen-bond donors (Lipinski definition) is 0. The van der Waals surface area contributed by atoms with Gasteiger partial charge in [-0.05, 0) is 124 Å². The average Bonchev–Trinajstić information content (AvgIpc) is 3.72. The maximum atomic E-state index is 6.53. The van der Waals surface area contributed by atoms with Gasteiger partial charge >= 0.3 is 0 Å². The third-order valence-electron chi connectivity index (χ3n) is 12.6. The van der Waals surface area contributed by atoms with Crippen LogP contribution < -0.4 is 0 Å². The molecule has 0 spiro atoms. The van der Waals surface area contributed by atoms with Crippen molar-refractivity contribution in [3.8, 4) is 44.5 Å². The Morgan fingerprint density at radius 3 is 1.66 bits per heavy atom. The van der Waals surface area contributed by atoms with E-state index < -0.39 is 0 Å². The van der Waals surface area contributed by atoms with Crippen molar-refractivity contribution in [3.05, 3.63) is 193 Å². The monoisotopic (exact) mass is 712 g/mol. The summed E-state index contributed by atoms with van der Waals surface area (Å²) in [6.07, 6.45) is 0. The topological polar surface area (TPSA) is 13.1 Å². The van der Waals surface area contributed by atoms with Gasteiger partial charge in [0.15, 0.2) is 0 Å². The normalized spacial score (nSPS) is 13.3. The zero-order valence-electron chi connectivity index (χ0n) is 31.2. The van der Waals surface area contributed by atoms with Crippen LogP contribution in [-0.4, -0.2) is 0 Å². The summed E-state index contributed by atoms with van der Waals surface area (Å²) >= 11 is 0. The van der Waals surface area contributed by atoms with Crippen LogP contribution in [0.15, 0.2) is 186 Å². The summed E-state index contributed by atoms with van der Waals surface area (Å²) in [6.45, 7) is 4.70. The molecule has 0 aliphatic heterocycles. The van der Waals surface area contributed by atoms with Gasteiger partial charge in [0.1, 0.15) is 11.2 Å². The second kappa shape index (κ2) is 11.5. The van der Waals surface area contributed by atoms with Crippen LogP contribution >= 0.6 is 0 Å². The Balaban J connectivity index is 0.973. The van der Waals surface area contributed by atoms with Gasteiger partial charge in [-0.1, -0.05) is 166 Å². The quantitative estimate of drug-likeness (QED) is 0.166. The van der Waals surface area contributed by atoms with E-state index in [1.165, 1.54) is 93.3 Å². The van der Waals surface area contributed by atoms with E-state index in [0.717, 1.165) is 27.3 Å². The molecule has 0 N–H and O–H groups in total. The van der Waals surface area contributed by atoms with Crippen LogP contribution in [0.25, 0.3) is 110 Å². The van der Waals surface area contributed by atoms with E-state index in [4.69, 9.17) is 4.42 Å². The molecule has 11 aromatic rings. The molecule has 1 heterocycles. The van der Waals surface area contributed by atoms with Crippen molar-refractivity contribution in [1.82, 2.24) is 0 Å². The van der Waals surface area contributed by atoms with Gasteiger partial charge in [-0.2, -0.15) is 0 Å². The van der Waals surface area contributed by atoms with Gasteiger partial charge in [0, 0.05) is 21.6 Å². The van der Waals surface area contributed by atoms with Gasteiger partial charge in [-0.3, -0.25) is 0 Å². The van der Waals surface area contributed by atoms with Crippen molar-refractivity contribution < 1.29 is 4.42 Å². The summed E-state index contributed by atoms with van der Waals surface area (Å²) in [4.78, 5) is 0. The molecule has 12 rings (SSSR count). The molecular weight excluding hydrogens is 677 g/mol. The Labute approximate surface area is 325 Å². The van der Waals surface area contributed by atoms with E-state index in [1.807, 2.05) is 0 Å². The number of furan rings is 1. The van der Waals surface area contributed by atoms with Crippen LogP contribution in [0.3, 0.4) is 0 Å². The smallest absolute Gasteiger partial charge is 0.143 e. The fraction of sp³-hybridized carbons (Fsp3) is 0.0545. The largest absolute Gasteiger partial charge is 0.455 e. The molecule has 0 amide bonds. The molecule has 1 aliphatic carbocycles. The first kappa shape index (κ1) is 31.4. The molecule has 0 radical (unpaired) electrons. The fourth-order valence-corrected chi connectivity index (χ4v) is 9.88. The lowest BCUT2D eigenvalue weighted by molar-refractivity contribution is 0.660. The number of fused-ring (bicyclic) bond motifs is 11. The maximum Gasteiger partial charge on any atom is 0.143 e. The summed E-state index contributed by atoms with van der Waals surface area (Å²) in [5.74, 6) is 0. The SMILES string of the molecule is CC1(C)c2ccccc2-c2cc(-c3c4ccccc4c(-c4ccc(-c5ccc6cc7c(cc6c5)oc5c6ccccc6ccc75)cc4)c4ccccc34)ccc21. The van der Waals surface area contributed by atoms with Crippen molar-refractivity contribution in [1.29, 1.82) is 0 Å². The van der Waals surface area contributed by atoms with Crippen molar-refractivity contribution in [2.24, 2.45) is 0 Å². The first-order chi connectivity index (χ1) is 27.5. The molecule has 0 bridgehead atoms. The highest BCUT2D eigenvalue weighted by Crippen LogP contribution is 2.51. The van der Waals surface area contributed by atoms with E-state index in [9.17, 15) is 0 Å². The molecule has 1 nitrogen and oxygen atoms in total. The van der Waals surface area contributed by atoms with Gasteiger partial charge in [0.25, 0.3) is 0 Å². The Bertz CT molecular complexity index is 3370. The maximum absolute atomic E-state index is 6.53. The fourth-order valence-electron chi connectivity index (χ4n) is 9.88. The summed E-state index contributed by atoms with van der Waals surface area (Å²) in [5.41, 5.74) is 14.8. The van der Waals surface area contributed by atoms with E-state index in [2.05, 4.69) is 196 Å². The lowest BCUT2D eigenvalue weighted by Crippen LogP contribution is -2.14. The van der Waals surface area contributed by atoms with Crippen LogP contribution in [0.5, 0.6) is 0 Å². The highest BCUT2D eigenvalue weighted by molar-refractivity contribution is 6.22. The van der Waals surface area contributed by atoms with Crippen LogP contribution in [0.1, 0.15) is 25.0 Å². The molecule has 56 heavy (non-hydrogen) atoms. The van der Waals surface area contributed by atoms with E-state index in [1.54, 1.807) is 0 Å². The molecule has 0 atom stereocenters. The minimum absolute atomic E-state index is 0.0196. The summed E-state index contributed by atoms with van der Waals surface area (Å²) in [7, 11) is 0. The highest BCUT2D eigenvalue weighted by Gasteiger charge is 2.35. The molecule has 1 heteroatoms. The van der Waals surface area contributed by atoms with Crippen molar-refractivity contribution in [2.75, 3.05) is 0 Å². The summed E-state index contributed by atoms with van der Waals surface area (Å²) in [6, 6.07) is 67.3. The zero-order valence-corrected chi connectivity index (χ0v) is 31.2. The lowest BCUT2D eigenvalue weighted by atomic mass is 9.81. The van der Waals surface area contributed by atoms with Gasteiger partial charge < -0.3 is 4.42 Å². The van der Waals surface area contributed by atoms with E-state index in [0.29, 0.717) is 0 Å². The summed E-state index contributed by atoms with van der Waals surface area (Å²) < 4.78 is 6.53.